The summed E-state index contributed by atoms with van der Waals surface area (Å²) >= 11 is 0. The predicted molar refractivity (Wildman–Crippen MR) is 76.4 cm³/mol. The van der Waals surface area contributed by atoms with Crippen molar-refractivity contribution in [1.82, 2.24) is 5.32 Å². The summed E-state index contributed by atoms with van der Waals surface area (Å²) in [7, 11) is 0. The minimum atomic E-state index is 0.221. The van der Waals surface area contributed by atoms with Crippen molar-refractivity contribution < 1.29 is 0 Å². The molecule has 0 aliphatic carbocycles. The molecule has 0 saturated carbocycles. The second kappa shape index (κ2) is 6.80. The molecule has 0 aromatic heterocycles. The van der Waals surface area contributed by atoms with Gasteiger partial charge in [-0.1, -0.05) is 58.0 Å². The van der Waals surface area contributed by atoms with Crippen molar-refractivity contribution in [3.63, 3.8) is 0 Å². The van der Waals surface area contributed by atoms with Crippen molar-refractivity contribution in [2.75, 3.05) is 13.1 Å². The standard InChI is InChI=1S/C16H27N/c1-14(2)9-8-12-17-13-16(3,4)15-10-6-5-7-11-15/h5-7,10-11,14,17H,8-9,12-13H2,1-4H3. The third-order valence-electron chi connectivity index (χ3n) is 3.26. The maximum Gasteiger partial charge on any atom is 0.00431 e. The zero-order valence-electron chi connectivity index (χ0n) is 11.8. The first-order chi connectivity index (χ1) is 8.02. The summed E-state index contributed by atoms with van der Waals surface area (Å²) in [6.45, 7) is 11.4. The summed E-state index contributed by atoms with van der Waals surface area (Å²) < 4.78 is 0. The summed E-state index contributed by atoms with van der Waals surface area (Å²) in [5, 5.41) is 3.58. The highest BCUT2D eigenvalue weighted by Crippen LogP contribution is 2.21. The van der Waals surface area contributed by atoms with E-state index in [0.29, 0.717) is 0 Å². The molecule has 96 valence electrons. The number of benzene rings is 1. The van der Waals surface area contributed by atoms with E-state index in [9.17, 15) is 0 Å². The van der Waals surface area contributed by atoms with E-state index < -0.39 is 0 Å². The van der Waals surface area contributed by atoms with Crippen molar-refractivity contribution in [2.45, 2.75) is 46.0 Å². The molecule has 0 fully saturated rings. The molecule has 1 aromatic rings. The van der Waals surface area contributed by atoms with Crippen LogP contribution in [0.25, 0.3) is 0 Å². The molecule has 0 spiro atoms. The van der Waals surface area contributed by atoms with Gasteiger partial charge in [0.2, 0.25) is 0 Å². The lowest BCUT2D eigenvalue weighted by molar-refractivity contribution is 0.451. The van der Waals surface area contributed by atoms with Crippen LogP contribution in [0.3, 0.4) is 0 Å². The van der Waals surface area contributed by atoms with E-state index >= 15 is 0 Å². The van der Waals surface area contributed by atoms with Crippen LogP contribution < -0.4 is 5.32 Å². The SMILES string of the molecule is CC(C)CCCNCC(C)(C)c1ccccc1. The van der Waals surface area contributed by atoms with Crippen LogP contribution in [0.2, 0.25) is 0 Å². The Bertz CT molecular complexity index is 301. The Balaban J connectivity index is 2.30. The monoisotopic (exact) mass is 233 g/mol. The summed E-state index contributed by atoms with van der Waals surface area (Å²) in [5.41, 5.74) is 1.63. The molecular formula is C16H27N. The van der Waals surface area contributed by atoms with Crippen molar-refractivity contribution in [2.24, 2.45) is 5.92 Å². The van der Waals surface area contributed by atoms with Crippen LogP contribution in [-0.4, -0.2) is 13.1 Å². The molecule has 0 aliphatic heterocycles. The van der Waals surface area contributed by atoms with Crippen LogP contribution in [0.15, 0.2) is 30.3 Å². The van der Waals surface area contributed by atoms with Crippen LogP contribution in [0, 0.1) is 5.92 Å². The topological polar surface area (TPSA) is 12.0 Å². The van der Waals surface area contributed by atoms with Gasteiger partial charge >= 0.3 is 0 Å². The molecule has 0 unspecified atom stereocenters. The van der Waals surface area contributed by atoms with Gasteiger partial charge in [-0.2, -0.15) is 0 Å². The van der Waals surface area contributed by atoms with Gasteiger partial charge in [0.05, 0.1) is 0 Å². The molecule has 1 aromatic carbocycles. The van der Waals surface area contributed by atoms with Gasteiger partial charge in [0, 0.05) is 12.0 Å². The van der Waals surface area contributed by atoms with Crippen LogP contribution in [0.5, 0.6) is 0 Å². The van der Waals surface area contributed by atoms with Gasteiger partial charge in [-0.05, 0) is 30.9 Å². The van der Waals surface area contributed by atoms with Crippen LogP contribution in [0.4, 0.5) is 0 Å². The maximum absolute atomic E-state index is 3.58. The fourth-order valence-electron chi connectivity index (χ4n) is 2.03. The van der Waals surface area contributed by atoms with Crippen LogP contribution in [0.1, 0.15) is 46.1 Å². The summed E-state index contributed by atoms with van der Waals surface area (Å²) in [5.74, 6) is 0.818. The van der Waals surface area contributed by atoms with Gasteiger partial charge in [-0.25, -0.2) is 0 Å². The quantitative estimate of drug-likeness (QED) is 0.702. The Kier molecular flexibility index (Phi) is 5.70. The van der Waals surface area contributed by atoms with Crippen molar-refractivity contribution in [1.29, 1.82) is 0 Å². The van der Waals surface area contributed by atoms with E-state index in [1.54, 1.807) is 0 Å². The Morgan fingerprint density at radius 2 is 1.76 bits per heavy atom. The van der Waals surface area contributed by atoms with Crippen molar-refractivity contribution >= 4 is 0 Å². The molecule has 1 rings (SSSR count). The lowest BCUT2D eigenvalue weighted by Gasteiger charge is -2.25. The maximum atomic E-state index is 3.58. The number of hydrogen-bond donors (Lipinski definition) is 1. The normalized spacial score (nSPS) is 12.1. The zero-order chi connectivity index (χ0) is 12.7. The Morgan fingerprint density at radius 1 is 1.12 bits per heavy atom. The zero-order valence-corrected chi connectivity index (χ0v) is 11.8. The number of rotatable bonds is 7. The minimum Gasteiger partial charge on any atom is -0.316 e. The Hall–Kier alpha value is -0.820. The second-order valence-electron chi connectivity index (χ2n) is 5.96. The van der Waals surface area contributed by atoms with Crippen molar-refractivity contribution in [3.05, 3.63) is 35.9 Å². The van der Waals surface area contributed by atoms with E-state index in [4.69, 9.17) is 0 Å². The molecule has 1 heteroatoms. The largest absolute Gasteiger partial charge is 0.316 e. The molecule has 1 nitrogen and oxygen atoms in total. The van der Waals surface area contributed by atoms with E-state index in [0.717, 1.165) is 19.0 Å². The average molecular weight is 233 g/mol. The average Bonchev–Trinajstić information content (AvgIpc) is 2.29. The van der Waals surface area contributed by atoms with Crippen LogP contribution >= 0.6 is 0 Å². The molecule has 0 radical (unpaired) electrons. The number of hydrogen-bond acceptors (Lipinski definition) is 1. The second-order valence-corrected chi connectivity index (χ2v) is 5.96. The van der Waals surface area contributed by atoms with Gasteiger partial charge in [0.1, 0.15) is 0 Å². The molecule has 17 heavy (non-hydrogen) atoms. The van der Waals surface area contributed by atoms with Crippen molar-refractivity contribution in [3.8, 4) is 0 Å². The van der Waals surface area contributed by atoms with E-state index in [2.05, 4.69) is 63.3 Å². The highest BCUT2D eigenvalue weighted by Gasteiger charge is 2.19. The van der Waals surface area contributed by atoms with Gasteiger partial charge in [0.25, 0.3) is 0 Å². The molecule has 1 N–H and O–H groups in total. The Labute approximate surface area is 107 Å². The third-order valence-corrected chi connectivity index (χ3v) is 3.26. The van der Waals surface area contributed by atoms with E-state index in [-0.39, 0.29) is 5.41 Å². The summed E-state index contributed by atoms with van der Waals surface area (Å²) in [6, 6.07) is 10.8. The first-order valence-electron chi connectivity index (χ1n) is 6.78. The van der Waals surface area contributed by atoms with Crippen LogP contribution in [-0.2, 0) is 5.41 Å². The highest BCUT2D eigenvalue weighted by molar-refractivity contribution is 5.23. The first-order valence-corrected chi connectivity index (χ1v) is 6.78. The summed E-state index contributed by atoms with van der Waals surface area (Å²) in [4.78, 5) is 0. The van der Waals surface area contributed by atoms with Gasteiger partial charge in [-0.15, -0.1) is 0 Å². The minimum absolute atomic E-state index is 0.221. The van der Waals surface area contributed by atoms with E-state index in [1.807, 2.05) is 0 Å². The molecular weight excluding hydrogens is 206 g/mol. The highest BCUT2D eigenvalue weighted by atomic mass is 14.9. The molecule has 0 amide bonds. The lowest BCUT2D eigenvalue weighted by atomic mass is 9.84. The molecule has 0 aliphatic rings. The summed E-state index contributed by atoms with van der Waals surface area (Å²) in [6.07, 6.45) is 2.60. The smallest absolute Gasteiger partial charge is 0.00431 e. The predicted octanol–water partition coefficient (Wildman–Crippen LogP) is 3.99. The van der Waals surface area contributed by atoms with Gasteiger partial charge in [0.15, 0.2) is 0 Å². The van der Waals surface area contributed by atoms with E-state index in [1.165, 1.54) is 18.4 Å². The van der Waals surface area contributed by atoms with Gasteiger partial charge < -0.3 is 5.32 Å². The molecule has 0 bridgehead atoms. The van der Waals surface area contributed by atoms with Gasteiger partial charge in [-0.3, -0.25) is 0 Å². The number of nitrogens with one attached hydrogen (secondary N) is 1. The molecule has 0 atom stereocenters. The fraction of sp³-hybridized carbons (Fsp3) is 0.625. The molecule has 0 saturated heterocycles. The molecule has 0 heterocycles. The lowest BCUT2D eigenvalue weighted by Crippen LogP contribution is -2.33. The fourth-order valence-corrected chi connectivity index (χ4v) is 2.03. The Morgan fingerprint density at radius 3 is 2.35 bits per heavy atom. The third kappa shape index (κ3) is 5.36. The first kappa shape index (κ1) is 14.2.